The van der Waals surface area contributed by atoms with Gasteiger partial charge in [-0.2, -0.15) is 5.26 Å². The predicted molar refractivity (Wildman–Crippen MR) is 99.6 cm³/mol. The molecule has 3 rings (SSSR count). The van der Waals surface area contributed by atoms with E-state index in [4.69, 9.17) is 5.26 Å². The van der Waals surface area contributed by atoms with Gasteiger partial charge in [0.1, 0.15) is 5.82 Å². The van der Waals surface area contributed by atoms with Crippen molar-refractivity contribution in [1.82, 2.24) is 10.2 Å². The lowest BCUT2D eigenvalue weighted by molar-refractivity contribution is 0.102. The van der Waals surface area contributed by atoms with E-state index in [-0.39, 0.29) is 17.6 Å². The minimum Gasteiger partial charge on any atom is -0.362 e. The lowest BCUT2D eigenvalue weighted by Crippen LogP contribution is -2.15. The van der Waals surface area contributed by atoms with E-state index in [1.54, 1.807) is 36.4 Å². The lowest BCUT2D eigenvalue weighted by Gasteiger charge is -2.14. The molecule has 1 aromatic heterocycles. The number of carbonyl (C=O) groups is 1. The second-order valence-electron chi connectivity index (χ2n) is 5.73. The van der Waals surface area contributed by atoms with E-state index in [0.29, 0.717) is 17.1 Å². The molecule has 3 aromatic rings. The van der Waals surface area contributed by atoms with Crippen molar-refractivity contribution >= 4 is 17.4 Å². The van der Waals surface area contributed by atoms with Crippen LogP contribution in [0.15, 0.2) is 66.7 Å². The largest absolute Gasteiger partial charge is 0.362 e. The molecule has 0 spiro atoms. The van der Waals surface area contributed by atoms with Gasteiger partial charge in [0.2, 0.25) is 0 Å². The van der Waals surface area contributed by atoms with Gasteiger partial charge >= 0.3 is 0 Å². The predicted octanol–water partition coefficient (Wildman–Crippen LogP) is 3.77. The highest BCUT2D eigenvalue weighted by Gasteiger charge is 2.10. The van der Waals surface area contributed by atoms with Crippen LogP contribution in [0.5, 0.6) is 0 Å². The Bertz CT molecular complexity index is 932. The molecule has 0 aliphatic rings. The van der Waals surface area contributed by atoms with Gasteiger partial charge in [-0.25, -0.2) is 0 Å². The van der Waals surface area contributed by atoms with Crippen molar-refractivity contribution < 1.29 is 4.79 Å². The Hall–Kier alpha value is -3.72. The van der Waals surface area contributed by atoms with Crippen molar-refractivity contribution in [3.8, 4) is 6.07 Å². The molecule has 26 heavy (non-hydrogen) atoms. The fourth-order valence-electron chi connectivity index (χ4n) is 2.44. The Morgan fingerprint density at radius 2 is 1.85 bits per heavy atom. The first-order chi connectivity index (χ1) is 12.7. The number of carbonyl (C=O) groups excluding carboxylic acids is 1. The first-order valence-corrected chi connectivity index (χ1v) is 8.12. The van der Waals surface area contributed by atoms with Crippen molar-refractivity contribution in [3.05, 3.63) is 83.6 Å². The van der Waals surface area contributed by atoms with Crippen LogP contribution < -0.4 is 10.6 Å². The molecule has 128 valence electrons. The standard InChI is InChI=1S/C20H17N5O/c1-14(16-7-3-2-4-8-16)22-19-11-10-18(24-25-19)20(26)23-17-9-5-6-15(12-17)13-21/h2-12,14H,1H3,(H,22,25)(H,23,26). The summed E-state index contributed by atoms with van der Waals surface area (Å²) in [6.07, 6.45) is 0. The SMILES string of the molecule is CC(Nc1ccc(C(=O)Nc2cccc(C#N)c2)nn1)c1ccccc1. The number of nitrogens with zero attached hydrogens (tertiary/aromatic N) is 3. The van der Waals surface area contributed by atoms with Crippen LogP contribution >= 0.6 is 0 Å². The van der Waals surface area contributed by atoms with E-state index in [1.807, 2.05) is 43.3 Å². The van der Waals surface area contributed by atoms with Gasteiger partial charge in [-0.3, -0.25) is 4.79 Å². The van der Waals surface area contributed by atoms with Crippen LogP contribution in [0, 0.1) is 11.3 Å². The second kappa shape index (κ2) is 7.90. The van der Waals surface area contributed by atoms with Crippen molar-refractivity contribution in [2.45, 2.75) is 13.0 Å². The van der Waals surface area contributed by atoms with Gasteiger partial charge in [0.25, 0.3) is 5.91 Å². The van der Waals surface area contributed by atoms with Gasteiger partial charge in [-0.05, 0) is 42.8 Å². The average Bonchev–Trinajstić information content (AvgIpc) is 2.69. The molecular weight excluding hydrogens is 326 g/mol. The first-order valence-electron chi connectivity index (χ1n) is 8.12. The van der Waals surface area contributed by atoms with Crippen molar-refractivity contribution in [1.29, 1.82) is 5.26 Å². The van der Waals surface area contributed by atoms with E-state index in [0.717, 1.165) is 5.56 Å². The smallest absolute Gasteiger partial charge is 0.276 e. The molecule has 6 heteroatoms. The molecule has 0 saturated heterocycles. The molecule has 2 N–H and O–H groups in total. The molecular formula is C20H17N5O. The zero-order chi connectivity index (χ0) is 18.4. The highest BCUT2D eigenvalue weighted by atomic mass is 16.1. The van der Waals surface area contributed by atoms with Gasteiger partial charge in [0.15, 0.2) is 5.69 Å². The normalized spacial score (nSPS) is 11.2. The molecule has 2 aromatic carbocycles. The molecule has 1 atom stereocenters. The van der Waals surface area contributed by atoms with Crippen LogP contribution in [0.25, 0.3) is 0 Å². The average molecular weight is 343 g/mol. The van der Waals surface area contributed by atoms with Crippen molar-refractivity contribution in [2.75, 3.05) is 10.6 Å². The highest BCUT2D eigenvalue weighted by Crippen LogP contribution is 2.17. The minimum absolute atomic E-state index is 0.0684. The summed E-state index contributed by atoms with van der Waals surface area (Å²) >= 11 is 0. The van der Waals surface area contributed by atoms with Crippen LogP contribution in [-0.2, 0) is 0 Å². The number of rotatable bonds is 5. The number of anilines is 2. The third kappa shape index (κ3) is 4.22. The Labute approximate surface area is 151 Å². The Morgan fingerprint density at radius 3 is 2.54 bits per heavy atom. The topological polar surface area (TPSA) is 90.7 Å². The molecule has 1 heterocycles. The van der Waals surface area contributed by atoms with Gasteiger partial charge < -0.3 is 10.6 Å². The number of amides is 1. The van der Waals surface area contributed by atoms with Crippen LogP contribution in [0.3, 0.4) is 0 Å². The van der Waals surface area contributed by atoms with Crippen LogP contribution in [0.4, 0.5) is 11.5 Å². The first kappa shape index (κ1) is 17.1. The molecule has 1 amide bonds. The number of nitrogens with one attached hydrogen (secondary N) is 2. The lowest BCUT2D eigenvalue weighted by atomic mass is 10.1. The summed E-state index contributed by atoms with van der Waals surface area (Å²) in [6, 6.07) is 22.1. The van der Waals surface area contributed by atoms with Crippen molar-refractivity contribution in [2.24, 2.45) is 0 Å². The van der Waals surface area contributed by atoms with E-state index in [2.05, 4.69) is 20.8 Å². The zero-order valence-electron chi connectivity index (χ0n) is 14.2. The number of aromatic nitrogens is 2. The number of hydrogen-bond acceptors (Lipinski definition) is 5. The Balaban J connectivity index is 1.65. The van der Waals surface area contributed by atoms with Gasteiger partial charge in [0, 0.05) is 11.7 Å². The molecule has 0 aliphatic carbocycles. The Kier molecular flexibility index (Phi) is 5.20. The molecule has 1 unspecified atom stereocenters. The number of hydrogen-bond donors (Lipinski definition) is 2. The maximum Gasteiger partial charge on any atom is 0.276 e. The summed E-state index contributed by atoms with van der Waals surface area (Å²) in [6.45, 7) is 2.03. The summed E-state index contributed by atoms with van der Waals surface area (Å²) in [5.41, 5.74) is 2.35. The molecule has 0 bridgehead atoms. The van der Waals surface area contributed by atoms with E-state index in [9.17, 15) is 4.79 Å². The summed E-state index contributed by atoms with van der Waals surface area (Å²) in [5.74, 6) is 0.208. The van der Waals surface area contributed by atoms with Crippen LogP contribution in [0.1, 0.15) is 34.6 Å². The summed E-state index contributed by atoms with van der Waals surface area (Å²) in [5, 5.41) is 22.9. The van der Waals surface area contributed by atoms with E-state index < -0.39 is 0 Å². The number of benzene rings is 2. The summed E-state index contributed by atoms with van der Waals surface area (Å²) in [7, 11) is 0. The molecule has 0 fully saturated rings. The molecule has 0 aliphatic heterocycles. The number of nitriles is 1. The molecule has 0 saturated carbocycles. The van der Waals surface area contributed by atoms with Gasteiger partial charge in [-0.15, -0.1) is 10.2 Å². The third-order valence-corrected chi connectivity index (χ3v) is 3.81. The van der Waals surface area contributed by atoms with Gasteiger partial charge in [0.05, 0.1) is 11.6 Å². The Morgan fingerprint density at radius 1 is 1.04 bits per heavy atom. The van der Waals surface area contributed by atoms with E-state index >= 15 is 0 Å². The van der Waals surface area contributed by atoms with Crippen LogP contribution in [0.2, 0.25) is 0 Å². The minimum atomic E-state index is -0.379. The van der Waals surface area contributed by atoms with E-state index in [1.165, 1.54) is 0 Å². The van der Waals surface area contributed by atoms with Gasteiger partial charge in [-0.1, -0.05) is 36.4 Å². The quantitative estimate of drug-likeness (QED) is 0.736. The molecule has 6 nitrogen and oxygen atoms in total. The maximum absolute atomic E-state index is 12.3. The van der Waals surface area contributed by atoms with Crippen LogP contribution in [-0.4, -0.2) is 16.1 Å². The highest BCUT2D eigenvalue weighted by molar-refractivity contribution is 6.02. The fraction of sp³-hybridized carbons (Fsp3) is 0.100. The monoisotopic (exact) mass is 343 g/mol. The molecule has 0 radical (unpaired) electrons. The second-order valence-corrected chi connectivity index (χ2v) is 5.73. The maximum atomic E-state index is 12.3. The summed E-state index contributed by atoms with van der Waals surface area (Å²) in [4.78, 5) is 12.3. The summed E-state index contributed by atoms with van der Waals surface area (Å²) < 4.78 is 0. The zero-order valence-corrected chi connectivity index (χ0v) is 14.2. The third-order valence-electron chi connectivity index (χ3n) is 3.81. The van der Waals surface area contributed by atoms with Crippen molar-refractivity contribution in [3.63, 3.8) is 0 Å². The fourth-order valence-corrected chi connectivity index (χ4v) is 2.44.